The molecule has 6 rings (SSSR count). The van der Waals surface area contributed by atoms with Gasteiger partial charge in [0, 0.05) is 36.9 Å². The molecule has 4 aliphatic rings. The number of fused-ring (bicyclic) bond motifs is 5. The number of carbonyl (C=O) groups is 3. The Morgan fingerprint density at radius 1 is 1.00 bits per heavy atom. The maximum Gasteiger partial charge on any atom is 0.435 e. The molecular formula is C42H61N3O5. The SMILES string of the molecule is CC(=O)O[C@H]1CC[C@]2(C)C3=C(CC[C@H]2C1(C)C)[C@]1(C)CC[C@H]([C@H](C)CCC(=O)N(C)c2ccc4cnn(C(=O)OC(C)(C)C)c4c2)[C@@]1(C)CC3. The summed E-state index contributed by atoms with van der Waals surface area (Å²) in [5.74, 6) is 1.44. The fourth-order valence-electron chi connectivity index (χ4n) is 11.6. The third-order valence-electron chi connectivity index (χ3n) is 14.4. The van der Waals surface area contributed by atoms with E-state index in [2.05, 4.69) is 46.6 Å². The van der Waals surface area contributed by atoms with Gasteiger partial charge in [0.1, 0.15) is 11.7 Å². The van der Waals surface area contributed by atoms with Crippen molar-refractivity contribution in [2.24, 2.45) is 39.4 Å². The molecule has 0 unspecified atom stereocenters. The number of benzene rings is 1. The summed E-state index contributed by atoms with van der Waals surface area (Å²) < 4.78 is 12.7. The molecule has 0 spiro atoms. The van der Waals surface area contributed by atoms with Crippen molar-refractivity contribution in [1.82, 2.24) is 9.78 Å². The summed E-state index contributed by atoms with van der Waals surface area (Å²) in [6.07, 6.45) is 11.6. The molecule has 1 heterocycles. The van der Waals surface area contributed by atoms with Gasteiger partial charge < -0.3 is 14.4 Å². The van der Waals surface area contributed by atoms with E-state index >= 15 is 0 Å². The van der Waals surface area contributed by atoms with Crippen LogP contribution < -0.4 is 4.90 Å². The Kier molecular flexibility index (Phi) is 9.16. The molecule has 8 heteroatoms. The third-order valence-corrected chi connectivity index (χ3v) is 14.4. The number of rotatable bonds is 6. The number of ether oxygens (including phenoxy) is 2. The predicted octanol–water partition coefficient (Wildman–Crippen LogP) is 9.88. The van der Waals surface area contributed by atoms with Gasteiger partial charge in [-0.25, -0.2) is 4.79 Å². The monoisotopic (exact) mass is 687 g/mol. The lowest BCUT2D eigenvalue weighted by Gasteiger charge is -2.62. The molecule has 2 aromatic rings. The Bertz CT molecular complexity index is 1710. The highest BCUT2D eigenvalue weighted by molar-refractivity contribution is 5.96. The molecular weight excluding hydrogens is 626 g/mol. The molecule has 50 heavy (non-hydrogen) atoms. The van der Waals surface area contributed by atoms with Crippen LogP contribution in [0.3, 0.4) is 0 Å². The van der Waals surface area contributed by atoms with Crippen LogP contribution in [0.15, 0.2) is 35.5 Å². The highest BCUT2D eigenvalue weighted by Gasteiger charge is 2.63. The van der Waals surface area contributed by atoms with Gasteiger partial charge in [0.25, 0.3) is 0 Å². The average molecular weight is 688 g/mol. The van der Waals surface area contributed by atoms with Gasteiger partial charge in [0.05, 0.1) is 11.7 Å². The third kappa shape index (κ3) is 5.90. The fraction of sp³-hybridized carbons (Fsp3) is 0.714. The summed E-state index contributed by atoms with van der Waals surface area (Å²) in [5, 5.41) is 5.08. The first-order chi connectivity index (χ1) is 23.2. The molecule has 0 N–H and O–H groups in total. The number of nitrogens with zero attached hydrogens (tertiary/aromatic N) is 3. The van der Waals surface area contributed by atoms with Crippen molar-refractivity contribution in [2.75, 3.05) is 11.9 Å². The fourth-order valence-corrected chi connectivity index (χ4v) is 11.6. The summed E-state index contributed by atoms with van der Waals surface area (Å²) in [4.78, 5) is 40.1. The van der Waals surface area contributed by atoms with E-state index < -0.39 is 11.7 Å². The second-order valence-electron chi connectivity index (χ2n) is 18.6. The van der Waals surface area contributed by atoms with Gasteiger partial charge in [0.2, 0.25) is 5.91 Å². The summed E-state index contributed by atoms with van der Waals surface area (Å²) in [6, 6.07) is 5.67. The number of carbonyl (C=O) groups excluding carboxylic acids is 3. The molecule has 4 aliphatic carbocycles. The van der Waals surface area contributed by atoms with Crippen molar-refractivity contribution in [2.45, 2.75) is 145 Å². The van der Waals surface area contributed by atoms with E-state index in [4.69, 9.17) is 9.47 Å². The van der Waals surface area contributed by atoms with Crippen molar-refractivity contribution in [3.8, 4) is 0 Å². The van der Waals surface area contributed by atoms with Gasteiger partial charge in [-0.15, -0.1) is 0 Å². The lowest BCUT2D eigenvalue weighted by molar-refractivity contribution is -0.167. The predicted molar refractivity (Wildman–Crippen MR) is 198 cm³/mol. The molecule has 0 radical (unpaired) electrons. The highest BCUT2D eigenvalue weighted by atomic mass is 16.6. The van der Waals surface area contributed by atoms with Gasteiger partial charge >= 0.3 is 12.1 Å². The largest absolute Gasteiger partial charge is 0.462 e. The minimum atomic E-state index is -0.636. The first kappa shape index (κ1) is 36.6. The molecule has 8 nitrogen and oxygen atoms in total. The number of anilines is 1. The van der Waals surface area contributed by atoms with Crippen molar-refractivity contribution in [1.29, 1.82) is 0 Å². The molecule has 0 bridgehead atoms. The molecule has 0 aliphatic heterocycles. The van der Waals surface area contributed by atoms with E-state index in [0.29, 0.717) is 29.7 Å². The summed E-state index contributed by atoms with van der Waals surface area (Å²) in [7, 11) is 1.82. The average Bonchev–Trinajstić information content (AvgIpc) is 3.58. The molecule has 0 saturated heterocycles. The first-order valence-corrected chi connectivity index (χ1v) is 19.1. The second-order valence-corrected chi connectivity index (χ2v) is 18.6. The maximum absolute atomic E-state index is 13.6. The summed E-state index contributed by atoms with van der Waals surface area (Å²) >= 11 is 0. The maximum atomic E-state index is 13.6. The molecule has 2 fully saturated rings. The second kappa shape index (κ2) is 12.5. The van der Waals surface area contributed by atoms with Crippen molar-refractivity contribution >= 4 is 34.6 Å². The van der Waals surface area contributed by atoms with Gasteiger partial charge in [-0.1, -0.05) is 52.7 Å². The zero-order chi connectivity index (χ0) is 36.6. The summed E-state index contributed by atoms with van der Waals surface area (Å²) in [5.41, 5.74) is 4.71. The molecule has 7 atom stereocenters. The minimum Gasteiger partial charge on any atom is -0.462 e. The molecule has 1 aromatic carbocycles. The van der Waals surface area contributed by atoms with Crippen LogP contribution in [0.1, 0.15) is 133 Å². The highest BCUT2D eigenvalue weighted by Crippen LogP contribution is 2.72. The van der Waals surface area contributed by atoms with Crippen LogP contribution in [0, 0.1) is 39.4 Å². The number of allylic oxidation sites excluding steroid dienone is 2. The zero-order valence-corrected chi connectivity index (χ0v) is 32.6. The number of esters is 1. The number of hydrogen-bond acceptors (Lipinski definition) is 6. The van der Waals surface area contributed by atoms with E-state index in [0.717, 1.165) is 49.6 Å². The van der Waals surface area contributed by atoms with E-state index in [9.17, 15) is 14.4 Å². The van der Waals surface area contributed by atoms with E-state index in [-0.39, 0.29) is 39.6 Å². The van der Waals surface area contributed by atoms with Crippen molar-refractivity contribution in [3.63, 3.8) is 0 Å². The van der Waals surface area contributed by atoms with Crippen LogP contribution >= 0.6 is 0 Å². The Balaban J connectivity index is 1.15. The topological polar surface area (TPSA) is 90.7 Å². The van der Waals surface area contributed by atoms with E-state index in [1.165, 1.54) is 23.9 Å². The molecule has 1 amide bonds. The lowest BCUT2D eigenvalue weighted by Crippen LogP contribution is -2.55. The van der Waals surface area contributed by atoms with Crippen LogP contribution in [-0.2, 0) is 19.1 Å². The number of aromatic nitrogens is 2. The van der Waals surface area contributed by atoms with E-state index in [1.807, 2.05) is 46.0 Å². The van der Waals surface area contributed by atoms with Gasteiger partial charge in [-0.3, -0.25) is 9.59 Å². The standard InChI is InChI=1S/C42H61N3O5/c1-26(12-17-36(47)44(11)29-14-13-28-25-43-45(33(28)24-29)37(48)50-38(3,4)5)30-18-22-42(10)32-15-16-34-39(6,7)35(49-27(2)46)20-21-40(34,8)31(32)19-23-41(30,42)9/h13-14,24-26,30,34-35H,12,15-23H2,1-11H3/t26-,30-,34+,35+,40-,41-,42+/m1/s1. The van der Waals surface area contributed by atoms with Gasteiger partial charge in [-0.2, -0.15) is 9.78 Å². The van der Waals surface area contributed by atoms with Crippen LogP contribution in [0.2, 0.25) is 0 Å². The van der Waals surface area contributed by atoms with Crippen LogP contribution in [-0.4, -0.2) is 46.5 Å². The van der Waals surface area contributed by atoms with Crippen LogP contribution in [0.4, 0.5) is 10.5 Å². The zero-order valence-electron chi connectivity index (χ0n) is 32.6. The Morgan fingerprint density at radius 2 is 1.72 bits per heavy atom. The number of amides is 1. The van der Waals surface area contributed by atoms with Gasteiger partial charge in [0.15, 0.2) is 0 Å². The van der Waals surface area contributed by atoms with Crippen LogP contribution in [0.25, 0.3) is 10.9 Å². The lowest BCUT2D eigenvalue weighted by atomic mass is 9.43. The van der Waals surface area contributed by atoms with Crippen molar-refractivity contribution in [3.05, 3.63) is 35.5 Å². The molecule has 274 valence electrons. The Labute approximate surface area is 299 Å². The molecule has 1 aromatic heterocycles. The quantitative estimate of drug-likeness (QED) is 0.222. The Morgan fingerprint density at radius 3 is 2.40 bits per heavy atom. The normalized spacial score (nSPS) is 32.5. The molecule has 2 saturated carbocycles. The number of hydrogen-bond donors (Lipinski definition) is 0. The first-order valence-electron chi connectivity index (χ1n) is 19.1. The van der Waals surface area contributed by atoms with Crippen molar-refractivity contribution < 1.29 is 23.9 Å². The summed E-state index contributed by atoms with van der Waals surface area (Å²) in [6.45, 7) is 21.8. The Hall–Kier alpha value is -3.16. The minimum absolute atomic E-state index is 0.00762. The van der Waals surface area contributed by atoms with Crippen LogP contribution in [0.5, 0.6) is 0 Å². The van der Waals surface area contributed by atoms with Gasteiger partial charge in [-0.05, 0) is 131 Å². The smallest absolute Gasteiger partial charge is 0.435 e. The van der Waals surface area contributed by atoms with E-state index in [1.54, 1.807) is 29.2 Å².